The van der Waals surface area contributed by atoms with Gasteiger partial charge in [0.1, 0.15) is 13.1 Å². The minimum absolute atomic E-state index is 0.471. The van der Waals surface area contributed by atoms with Gasteiger partial charge in [0.2, 0.25) is 5.88 Å². The van der Waals surface area contributed by atoms with Crippen molar-refractivity contribution in [3.63, 3.8) is 0 Å². The molecule has 2 aromatic heterocycles. The summed E-state index contributed by atoms with van der Waals surface area (Å²) in [4.78, 5) is 8.72. The van der Waals surface area contributed by atoms with Crippen molar-refractivity contribution in [2.75, 3.05) is 13.7 Å². The number of aromatic nitrogens is 4. The van der Waals surface area contributed by atoms with E-state index in [0.29, 0.717) is 18.5 Å². The van der Waals surface area contributed by atoms with E-state index in [-0.39, 0.29) is 0 Å². The third kappa shape index (κ3) is 4.21. The second kappa shape index (κ2) is 7.02. The summed E-state index contributed by atoms with van der Waals surface area (Å²) < 4.78 is 13.0. The lowest BCUT2D eigenvalue weighted by molar-refractivity contribution is 0.0787. The molecule has 24 heavy (non-hydrogen) atoms. The maximum Gasteiger partial charge on any atom is 0.226 e. The molecule has 0 amide bonds. The molecule has 0 unspecified atom stereocenters. The summed E-state index contributed by atoms with van der Waals surface area (Å²) in [6, 6.07) is 3.14. The highest BCUT2D eigenvalue weighted by molar-refractivity contribution is 6.76. The first-order valence-electron chi connectivity index (χ1n) is 8.48. The van der Waals surface area contributed by atoms with E-state index in [0.717, 1.165) is 29.6 Å². The van der Waals surface area contributed by atoms with Crippen LogP contribution in [-0.4, -0.2) is 41.5 Å². The normalized spacial score (nSPS) is 14.8. The summed E-state index contributed by atoms with van der Waals surface area (Å²) >= 11 is 0. The Kier molecular flexibility index (Phi) is 5.00. The lowest BCUT2D eigenvalue weighted by Gasteiger charge is -2.15. The molecule has 1 fully saturated rings. The van der Waals surface area contributed by atoms with Crippen molar-refractivity contribution >= 4 is 8.07 Å². The van der Waals surface area contributed by atoms with E-state index in [2.05, 4.69) is 34.7 Å². The first-order chi connectivity index (χ1) is 11.5. The number of nitrogens with zero attached hydrogens (tertiary/aromatic N) is 4. The highest BCUT2D eigenvalue weighted by atomic mass is 28.3. The molecule has 0 aromatic carbocycles. The first kappa shape index (κ1) is 17.1. The predicted molar refractivity (Wildman–Crippen MR) is 95.9 cm³/mol. The maximum absolute atomic E-state index is 5.76. The van der Waals surface area contributed by atoms with E-state index in [1.807, 2.05) is 16.9 Å². The minimum Gasteiger partial charge on any atom is -0.480 e. The van der Waals surface area contributed by atoms with Crippen LogP contribution in [-0.2, 0) is 11.5 Å². The van der Waals surface area contributed by atoms with Crippen LogP contribution in [0, 0.1) is 0 Å². The molecule has 2 aromatic rings. The van der Waals surface area contributed by atoms with Gasteiger partial charge in [-0.3, -0.25) is 0 Å². The summed E-state index contributed by atoms with van der Waals surface area (Å²) in [5, 5.41) is 4.64. The number of methoxy groups -OCH3 is 1. The fraction of sp³-hybridized carbons (Fsp3) is 0.588. The Morgan fingerprint density at radius 1 is 1.25 bits per heavy atom. The summed E-state index contributed by atoms with van der Waals surface area (Å²) in [5.41, 5.74) is 2.82. The topological polar surface area (TPSA) is 62.1 Å². The van der Waals surface area contributed by atoms with Gasteiger partial charge in [0.25, 0.3) is 0 Å². The molecule has 7 heteroatoms. The van der Waals surface area contributed by atoms with Gasteiger partial charge in [-0.1, -0.05) is 19.6 Å². The van der Waals surface area contributed by atoms with Crippen molar-refractivity contribution in [3.8, 4) is 17.1 Å². The molecule has 0 aliphatic heterocycles. The van der Waals surface area contributed by atoms with Gasteiger partial charge in [0, 0.05) is 26.8 Å². The fourth-order valence-corrected chi connectivity index (χ4v) is 3.30. The van der Waals surface area contributed by atoms with E-state index < -0.39 is 8.07 Å². The van der Waals surface area contributed by atoms with Crippen LogP contribution in [0.5, 0.6) is 5.88 Å². The molecule has 0 atom stereocenters. The molecule has 6 nitrogen and oxygen atoms in total. The maximum atomic E-state index is 5.76. The van der Waals surface area contributed by atoms with Crippen LogP contribution in [0.4, 0.5) is 0 Å². The van der Waals surface area contributed by atoms with Gasteiger partial charge in [-0.2, -0.15) is 5.10 Å². The van der Waals surface area contributed by atoms with Gasteiger partial charge in [0.15, 0.2) is 0 Å². The zero-order valence-electron chi connectivity index (χ0n) is 15.0. The summed E-state index contributed by atoms with van der Waals surface area (Å²) in [5.74, 6) is 1.10. The molecule has 130 valence electrons. The lowest BCUT2D eigenvalue weighted by Crippen LogP contribution is -2.22. The summed E-state index contributed by atoms with van der Waals surface area (Å²) in [6.45, 7) is 8.31. The third-order valence-electron chi connectivity index (χ3n) is 4.12. The van der Waals surface area contributed by atoms with Gasteiger partial charge < -0.3 is 9.47 Å². The molecule has 3 rings (SSSR count). The second-order valence-electron chi connectivity index (χ2n) is 7.51. The van der Waals surface area contributed by atoms with Crippen LogP contribution in [0.1, 0.15) is 24.5 Å². The quantitative estimate of drug-likeness (QED) is 0.540. The standard InChI is InChI=1S/C17H26N4O2Si/c1-22-17-15(16(13-5-6-13)18-11-19-17)14-7-8-21(20-14)12-23-9-10-24(2,3)4/h7-8,11,13H,5-6,9-10,12H2,1-4H3. The molecular weight excluding hydrogens is 320 g/mol. The van der Waals surface area contributed by atoms with Gasteiger partial charge in [-0.05, 0) is 25.0 Å². The van der Waals surface area contributed by atoms with Crippen molar-refractivity contribution in [1.29, 1.82) is 0 Å². The first-order valence-corrected chi connectivity index (χ1v) is 12.2. The smallest absolute Gasteiger partial charge is 0.226 e. The molecule has 0 bridgehead atoms. The number of ether oxygens (including phenoxy) is 2. The fourth-order valence-electron chi connectivity index (χ4n) is 2.55. The third-order valence-corrected chi connectivity index (χ3v) is 5.82. The van der Waals surface area contributed by atoms with Crippen LogP contribution in [0.3, 0.4) is 0 Å². The summed E-state index contributed by atoms with van der Waals surface area (Å²) in [7, 11) is 0.582. The molecule has 1 aliphatic carbocycles. The Bertz CT molecular complexity index is 692. The molecule has 0 N–H and O–H groups in total. The molecule has 2 heterocycles. The Balaban J connectivity index is 1.72. The predicted octanol–water partition coefficient (Wildman–Crippen LogP) is 3.54. The molecule has 1 aliphatic rings. The number of hydrogen-bond donors (Lipinski definition) is 0. The Morgan fingerprint density at radius 2 is 2.04 bits per heavy atom. The Labute approximate surface area is 144 Å². The Hall–Kier alpha value is -1.73. The highest BCUT2D eigenvalue weighted by Gasteiger charge is 2.31. The molecule has 0 spiro atoms. The van der Waals surface area contributed by atoms with E-state index in [1.54, 1.807) is 13.4 Å². The van der Waals surface area contributed by atoms with Crippen molar-refractivity contribution in [2.45, 2.75) is 51.2 Å². The molecular formula is C17H26N4O2Si. The molecule has 0 radical (unpaired) electrons. The van der Waals surface area contributed by atoms with Gasteiger partial charge in [-0.15, -0.1) is 0 Å². The average Bonchev–Trinajstić information content (AvgIpc) is 3.29. The lowest BCUT2D eigenvalue weighted by atomic mass is 10.1. The summed E-state index contributed by atoms with van der Waals surface area (Å²) in [6.07, 6.45) is 5.86. The Morgan fingerprint density at radius 3 is 2.71 bits per heavy atom. The largest absolute Gasteiger partial charge is 0.480 e. The SMILES string of the molecule is COc1ncnc(C2CC2)c1-c1ccn(COCC[Si](C)(C)C)n1. The minimum atomic E-state index is -1.06. The van der Waals surface area contributed by atoms with Crippen molar-refractivity contribution < 1.29 is 9.47 Å². The van der Waals surface area contributed by atoms with Crippen LogP contribution < -0.4 is 4.74 Å². The van der Waals surface area contributed by atoms with E-state index in [4.69, 9.17) is 9.47 Å². The van der Waals surface area contributed by atoms with Crippen LogP contribution in [0.15, 0.2) is 18.6 Å². The van der Waals surface area contributed by atoms with E-state index >= 15 is 0 Å². The van der Waals surface area contributed by atoms with Crippen LogP contribution >= 0.6 is 0 Å². The van der Waals surface area contributed by atoms with Crippen LogP contribution in [0.25, 0.3) is 11.3 Å². The van der Waals surface area contributed by atoms with Crippen LogP contribution in [0.2, 0.25) is 25.7 Å². The monoisotopic (exact) mass is 346 g/mol. The van der Waals surface area contributed by atoms with Crippen molar-refractivity contribution in [3.05, 3.63) is 24.3 Å². The number of rotatable bonds is 8. The molecule has 1 saturated carbocycles. The van der Waals surface area contributed by atoms with Gasteiger partial charge >= 0.3 is 0 Å². The van der Waals surface area contributed by atoms with E-state index in [1.165, 1.54) is 12.8 Å². The van der Waals surface area contributed by atoms with Gasteiger partial charge in [-0.25, -0.2) is 14.6 Å². The van der Waals surface area contributed by atoms with Crippen molar-refractivity contribution in [2.24, 2.45) is 0 Å². The highest BCUT2D eigenvalue weighted by Crippen LogP contribution is 2.45. The van der Waals surface area contributed by atoms with Crippen molar-refractivity contribution in [1.82, 2.24) is 19.7 Å². The zero-order valence-corrected chi connectivity index (χ0v) is 16.0. The second-order valence-corrected chi connectivity index (χ2v) is 13.1. The average molecular weight is 347 g/mol. The molecule has 0 saturated heterocycles. The van der Waals surface area contributed by atoms with Gasteiger partial charge in [0.05, 0.1) is 24.1 Å². The van der Waals surface area contributed by atoms with E-state index in [9.17, 15) is 0 Å². The zero-order chi connectivity index (χ0) is 17.2. The number of hydrogen-bond acceptors (Lipinski definition) is 5.